The Morgan fingerprint density at radius 2 is 1.40 bits per heavy atom. The average Bonchev–Trinajstić information content (AvgIpc) is 0.879. The van der Waals surface area contributed by atoms with Crippen molar-refractivity contribution in [3.05, 3.63) is 160 Å². The van der Waals surface area contributed by atoms with Gasteiger partial charge in [-0.05, 0) is 152 Å². The van der Waals surface area contributed by atoms with Gasteiger partial charge >= 0.3 is 5.51 Å². The highest BCUT2D eigenvalue weighted by Gasteiger charge is 2.49. The number of likely N-dealkylation sites (tertiary alicyclic amines) is 1. The van der Waals surface area contributed by atoms with Gasteiger partial charge in [0.05, 0.1) is 52.0 Å². The highest BCUT2D eigenvalue weighted by atomic mass is 35.5. The van der Waals surface area contributed by atoms with Gasteiger partial charge in [-0.3, -0.25) is 33.8 Å². The Bertz CT molecular complexity index is 4430. The number of thioether (sulfide) groups is 1. The Morgan fingerprint density at radius 3 is 2.03 bits per heavy atom. The highest BCUT2D eigenvalue weighted by Crippen LogP contribution is 2.44. The molecule has 1 unspecified atom stereocenters. The van der Waals surface area contributed by atoms with E-state index in [1.807, 2.05) is 112 Å². The first kappa shape index (κ1) is 87.0. The maximum atomic E-state index is 14.4. The first-order valence-corrected chi connectivity index (χ1v) is 44.2. The van der Waals surface area contributed by atoms with E-state index in [0.717, 1.165) is 127 Å². The number of sulfonamides is 1. The Labute approximate surface area is 671 Å². The molecule has 5 aromatic carbocycles. The van der Waals surface area contributed by atoms with Crippen LogP contribution in [-0.2, 0) is 43.8 Å². The van der Waals surface area contributed by atoms with E-state index < -0.39 is 76.4 Å². The Kier molecular flexibility index (Phi) is 30.9. The van der Waals surface area contributed by atoms with E-state index in [4.69, 9.17) is 16.3 Å². The molecule has 112 heavy (non-hydrogen) atoms. The first-order chi connectivity index (χ1) is 53.3. The predicted octanol–water partition coefficient (Wildman–Crippen LogP) is 14.0. The number of unbranched alkanes of at least 4 members (excludes halogenated alkanes) is 8. The molecule has 4 aliphatic rings. The third kappa shape index (κ3) is 24.3. The lowest BCUT2D eigenvalue weighted by Crippen LogP contribution is -2.57. The molecule has 0 saturated carbocycles. The van der Waals surface area contributed by atoms with Crippen LogP contribution in [0.25, 0.3) is 16.0 Å². The second kappa shape index (κ2) is 39.8. The van der Waals surface area contributed by atoms with Crippen LogP contribution in [0.3, 0.4) is 0 Å². The van der Waals surface area contributed by atoms with Crippen LogP contribution in [0.15, 0.2) is 147 Å². The second-order valence-electron chi connectivity index (χ2n) is 31.5. The Morgan fingerprint density at radius 1 is 0.768 bits per heavy atom. The second-order valence-corrected chi connectivity index (χ2v) is 37.5. The molecule has 6 atom stereocenters. The van der Waals surface area contributed by atoms with Crippen LogP contribution >= 0.6 is 34.7 Å². The first-order valence-electron chi connectivity index (χ1n) is 39.0. The SMILES string of the molecule is Cc1ncsc1-c1ccc([C@H](C)NC(=O)[C@@H]2C[C@@H](O)CN2C(=O)[C@@H](NC(=O)CCCCCCCCCCCC(=O)NCC2(C)CCC(c3ccc(Cl)cc3)=C(CN3CCN(c4ccc(C(=O)NS(=O)(=O)c5ccc(N[C@H](CCN6CCOCC6)CSc6ccccc6)c(S(=O)(=O)C(F)(F)F)c5)cc4)CC3)C2)C(C)(C)C)cc1. The molecule has 0 bridgehead atoms. The van der Waals surface area contributed by atoms with E-state index in [9.17, 15) is 59.1 Å². The fourth-order valence-electron chi connectivity index (χ4n) is 15.0. The molecule has 3 aliphatic heterocycles. The number of morpholine rings is 1. The lowest BCUT2D eigenvalue weighted by molar-refractivity contribution is -0.144. The van der Waals surface area contributed by atoms with Gasteiger partial charge in [-0.2, -0.15) is 13.2 Å². The number of rotatable bonds is 36. The molecule has 6 N–H and O–H groups in total. The Hall–Kier alpha value is -7.41. The number of benzene rings is 5. The zero-order chi connectivity index (χ0) is 80.4. The number of ether oxygens (including phenoxy) is 1. The summed E-state index contributed by atoms with van der Waals surface area (Å²) in [6, 6.07) is 31.3. The number of piperazine rings is 1. The van der Waals surface area contributed by atoms with Gasteiger partial charge in [0, 0.05) is 118 Å². The van der Waals surface area contributed by atoms with E-state index >= 15 is 0 Å². The molecule has 3 saturated heterocycles. The van der Waals surface area contributed by atoms with Gasteiger partial charge in [0.2, 0.25) is 23.6 Å². The molecular formula is C83H108ClF3N10O11S4. The van der Waals surface area contributed by atoms with Crippen LogP contribution in [-0.4, -0.2) is 185 Å². The molecule has 0 spiro atoms. The maximum Gasteiger partial charge on any atom is 0.501 e. The van der Waals surface area contributed by atoms with Crippen LogP contribution in [0.4, 0.5) is 24.5 Å². The van der Waals surface area contributed by atoms with Crippen LogP contribution in [0, 0.1) is 17.8 Å². The number of aromatic nitrogens is 1. The molecule has 21 nitrogen and oxygen atoms in total. The molecule has 10 rings (SSSR count). The number of β-amino-alcohol motifs (C(OH)–C–C–N with tert-alkyl or cyclic N) is 1. The number of halogens is 4. The van der Waals surface area contributed by atoms with Gasteiger partial charge in [0.15, 0.2) is 0 Å². The molecule has 5 amide bonds. The number of carbonyl (C=O) groups is 5. The number of hydrogen-bond donors (Lipinski definition) is 6. The Balaban J connectivity index is 0.632. The minimum absolute atomic E-state index is 0.000158. The molecule has 0 radical (unpaired) electrons. The zero-order valence-electron chi connectivity index (χ0n) is 64.9. The van der Waals surface area contributed by atoms with E-state index in [1.54, 1.807) is 23.5 Å². The lowest BCUT2D eigenvalue weighted by Gasteiger charge is -2.41. The molecule has 608 valence electrons. The van der Waals surface area contributed by atoms with E-state index in [2.05, 4.69) is 60.0 Å². The van der Waals surface area contributed by atoms with Crippen molar-refractivity contribution in [1.82, 2.24) is 40.4 Å². The minimum Gasteiger partial charge on any atom is -0.391 e. The smallest absolute Gasteiger partial charge is 0.391 e. The van der Waals surface area contributed by atoms with Gasteiger partial charge in [0.25, 0.3) is 25.8 Å². The summed E-state index contributed by atoms with van der Waals surface area (Å²) in [5.74, 6) is -1.64. The van der Waals surface area contributed by atoms with Gasteiger partial charge in [-0.1, -0.05) is 144 Å². The number of sulfone groups is 1. The highest BCUT2D eigenvalue weighted by molar-refractivity contribution is 7.99. The van der Waals surface area contributed by atoms with Gasteiger partial charge < -0.3 is 40.9 Å². The monoisotopic (exact) mass is 1640 g/mol. The number of aliphatic hydroxyl groups is 1. The quantitative estimate of drug-likeness (QED) is 0.0158. The third-order valence-electron chi connectivity index (χ3n) is 21.6. The van der Waals surface area contributed by atoms with Crippen LogP contribution in [0.2, 0.25) is 5.02 Å². The molecule has 4 heterocycles. The zero-order valence-corrected chi connectivity index (χ0v) is 68.9. The standard InChI is InChI=1S/C83H108ClF3N10O11S4/c1-57(59-23-25-61(26-24-59)76-58(2)89-56-110-76)90-79(102)72-49-67(98)53-97(72)80(103)77(81(3,4)5)92-75(100)22-18-13-11-9-7-8-10-12-17-21-74(99)88-55-82(6)39-37-70(60-27-31-64(84)32-28-60)63(51-82)52-95-41-43-96(44-42-95)66-33-29-62(30-34-66)78(101)93-112(106,107)69-35-36-71(73(50-69)111(104,105)83(85,86)87)91-65(38-40-94-45-47-108-48-46-94)54-109-68-19-15-14-16-20-68/h14-16,19-20,23-36,50,56-57,65,67,72,77,91,98H,7-13,17-18,21-22,37-49,51-55H2,1-6H3,(H,88,99)(H,90,102)(H,92,100)(H,93,101)/t57-,65+,67+,72-,77+,82?/m0/s1. The summed E-state index contributed by atoms with van der Waals surface area (Å²) in [6.45, 7) is 18.6. The predicted molar refractivity (Wildman–Crippen MR) is 436 cm³/mol. The molecule has 1 aliphatic carbocycles. The number of nitrogens with zero attached hydrogens (tertiary/aromatic N) is 5. The van der Waals surface area contributed by atoms with Crippen molar-refractivity contribution in [1.29, 1.82) is 0 Å². The van der Waals surface area contributed by atoms with Crippen molar-refractivity contribution in [3.8, 4) is 10.4 Å². The number of aliphatic hydroxyl groups excluding tert-OH is 1. The summed E-state index contributed by atoms with van der Waals surface area (Å²) < 4.78 is 105. The third-order valence-corrected chi connectivity index (χ3v) is 26.9. The number of amides is 5. The molecule has 29 heteroatoms. The summed E-state index contributed by atoms with van der Waals surface area (Å²) in [5, 5.41) is 23.7. The van der Waals surface area contributed by atoms with E-state index in [1.165, 1.54) is 39.9 Å². The number of allylic oxidation sites excluding steroid dienone is 1. The number of alkyl halides is 3. The van der Waals surface area contributed by atoms with Gasteiger partial charge in [0.1, 0.15) is 17.0 Å². The fraction of sp³-hybridized carbons (Fsp3) is 0.518. The summed E-state index contributed by atoms with van der Waals surface area (Å²) in [5.41, 5.74) is 2.13. The van der Waals surface area contributed by atoms with Crippen LogP contribution < -0.4 is 30.9 Å². The summed E-state index contributed by atoms with van der Waals surface area (Å²) in [6.07, 6.45) is 11.3. The van der Waals surface area contributed by atoms with E-state index in [-0.39, 0.29) is 60.0 Å². The molecule has 3 fully saturated rings. The average molecular weight is 1640 g/mol. The van der Waals surface area contributed by atoms with Crippen LogP contribution in [0.5, 0.6) is 0 Å². The van der Waals surface area contributed by atoms with Crippen molar-refractivity contribution in [3.63, 3.8) is 0 Å². The number of hydrogen-bond acceptors (Lipinski definition) is 18. The fourth-order valence-corrected chi connectivity index (χ4v) is 19.0. The lowest BCUT2D eigenvalue weighted by atomic mass is 9.71. The largest absolute Gasteiger partial charge is 0.501 e. The van der Waals surface area contributed by atoms with Crippen molar-refractivity contribution in [2.24, 2.45) is 10.8 Å². The molecule has 6 aromatic rings. The van der Waals surface area contributed by atoms with E-state index in [0.29, 0.717) is 102 Å². The summed E-state index contributed by atoms with van der Waals surface area (Å²) in [4.78, 5) is 80.7. The van der Waals surface area contributed by atoms with Crippen molar-refractivity contribution in [2.75, 3.05) is 94.6 Å². The van der Waals surface area contributed by atoms with Crippen molar-refractivity contribution in [2.45, 2.75) is 195 Å². The van der Waals surface area contributed by atoms with Crippen molar-refractivity contribution < 1.29 is 63.8 Å². The van der Waals surface area contributed by atoms with Gasteiger partial charge in [-0.15, -0.1) is 23.1 Å². The number of thiazole rings is 1. The van der Waals surface area contributed by atoms with Crippen molar-refractivity contribution >= 4 is 101 Å². The molecular weight excluding hydrogens is 1530 g/mol. The number of aryl methyl sites for hydroxylation is 1. The number of carbonyl (C=O) groups excluding carboxylic acids is 5. The normalized spacial score (nSPS) is 19.1. The number of nitrogens with one attached hydrogen (secondary N) is 5. The van der Waals surface area contributed by atoms with Crippen LogP contribution in [0.1, 0.15) is 171 Å². The summed E-state index contributed by atoms with van der Waals surface area (Å²) >= 11 is 9.37. The minimum atomic E-state index is -6.11. The van der Waals surface area contributed by atoms with Gasteiger partial charge in [-0.25, -0.2) is 26.5 Å². The number of anilines is 2. The summed E-state index contributed by atoms with van der Waals surface area (Å²) in [7, 11) is -11.0. The topological polar surface area (TPSA) is 269 Å². The maximum absolute atomic E-state index is 14.4. The molecule has 1 aromatic heterocycles.